The van der Waals surface area contributed by atoms with E-state index in [2.05, 4.69) is 5.32 Å². The number of anilines is 1. The van der Waals surface area contributed by atoms with Crippen molar-refractivity contribution in [3.63, 3.8) is 0 Å². The molecule has 1 aliphatic heterocycles. The first kappa shape index (κ1) is 18.3. The molecule has 2 aromatic rings. The summed E-state index contributed by atoms with van der Waals surface area (Å²) in [5.41, 5.74) is 3.07. The van der Waals surface area contributed by atoms with Crippen LogP contribution in [0.1, 0.15) is 24.0 Å². The zero-order chi connectivity index (χ0) is 18.4. The molecule has 0 radical (unpaired) electrons. The zero-order valence-corrected chi connectivity index (χ0v) is 15.4. The molecule has 1 aliphatic rings. The van der Waals surface area contributed by atoms with E-state index < -0.39 is 0 Å². The second-order valence-electron chi connectivity index (χ2n) is 6.67. The van der Waals surface area contributed by atoms with E-state index >= 15 is 0 Å². The Morgan fingerprint density at radius 2 is 2.04 bits per heavy atom. The highest BCUT2D eigenvalue weighted by Crippen LogP contribution is 2.19. The number of ether oxygens (including phenoxy) is 2. The third-order valence-electron chi connectivity index (χ3n) is 4.59. The minimum Gasteiger partial charge on any atom is -0.497 e. The average Bonchev–Trinajstić information content (AvgIpc) is 2.68. The lowest BCUT2D eigenvalue weighted by Crippen LogP contribution is -2.45. The maximum absolute atomic E-state index is 12.5. The molecule has 26 heavy (non-hydrogen) atoms. The molecule has 5 nitrogen and oxygen atoms in total. The molecule has 138 valence electrons. The molecule has 0 spiro atoms. The molecule has 0 aliphatic carbocycles. The number of nitrogens with one attached hydrogen (secondary N) is 1. The number of rotatable bonds is 5. The summed E-state index contributed by atoms with van der Waals surface area (Å²) in [7, 11) is 1.66. The maximum Gasteiger partial charge on any atom is 0.321 e. The molecule has 2 amide bonds. The van der Waals surface area contributed by atoms with E-state index in [1.54, 1.807) is 7.11 Å². The molecule has 0 saturated carbocycles. The molecule has 5 heteroatoms. The predicted octanol–water partition coefficient (Wildman–Crippen LogP) is 4.22. The Balaban J connectivity index is 1.51. The lowest BCUT2D eigenvalue weighted by molar-refractivity contribution is 0.000965. The fourth-order valence-electron chi connectivity index (χ4n) is 3.07. The number of carbonyl (C=O) groups is 1. The molecule has 1 heterocycles. The maximum atomic E-state index is 12.5. The van der Waals surface area contributed by atoms with E-state index in [4.69, 9.17) is 9.47 Å². The molecule has 0 aromatic heterocycles. The molecule has 1 N–H and O–H groups in total. The largest absolute Gasteiger partial charge is 0.497 e. The lowest BCUT2D eigenvalue weighted by Gasteiger charge is -2.32. The van der Waals surface area contributed by atoms with Crippen LogP contribution in [-0.2, 0) is 11.3 Å². The quantitative estimate of drug-likeness (QED) is 0.875. The van der Waals surface area contributed by atoms with Crippen LogP contribution in [0.25, 0.3) is 0 Å². The minimum atomic E-state index is -0.0662. The molecule has 0 bridgehead atoms. The van der Waals surface area contributed by atoms with Crippen LogP contribution < -0.4 is 10.1 Å². The summed E-state index contributed by atoms with van der Waals surface area (Å²) in [4.78, 5) is 14.3. The Hall–Kier alpha value is -2.53. The third kappa shape index (κ3) is 4.99. The van der Waals surface area contributed by atoms with Crippen molar-refractivity contribution in [3.05, 3.63) is 59.7 Å². The van der Waals surface area contributed by atoms with Gasteiger partial charge in [0.2, 0.25) is 0 Å². The average molecular weight is 354 g/mol. The number of hydrogen-bond donors (Lipinski definition) is 1. The van der Waals surface area contributed by atoms with Gasteiger partial charge in [-0.15, -0.1) is 0 Å². The van der Waals surface area contributed by atoms with E-state index in [9.17, 15) is 4.79 Å². The van der Waals surface area contributed by atoms with Gasteiger partial charge in [-0.3, -0.25) is 0 Å². The van der Waals surface area contributed by atoms with Crippen molar-refractivity contribution < 1.29 is 14.3 Å². The van der Waals surface area contributed by atoms with E-state index in [1.165, 1.54) is 5.56 Å². The number of urea groups is 1. The molecular formula is C21H26N2O3. The second kappa shape index (κ2) is 8.72. The summed E-state index contributed by atoms with van der Waals surface area (Å²) in [6.07, 6.45) is 1.97. The van der Waals surface area contributed by atoms with Crippen LogP contribution >= 0.6 is 0 Å². The Bertz CT molecular complexity index is 730. The Morgan fingerprint density at radius 3 is 2.81 bits per heavy atom. The summed E-state index contributed by atoms with van der Waals surface area (Å²) >= 11 is 0. The number of aryl methyl sites for hydroxylation is 1. The summed E-state index contributed by atoms with van der Waals surface area (Å²) in [6, 6.07) is 15.6. The van der Waals surface area contributed by atoms with Crippen molar-refractivity contribution in [2.75, 3.05) is 25.5 Å². The predicted molar refractivity (Wildman–Crippen MR) is 103 cm³/mol. The van der Waals surface area contributed by atoms with Crippen LogP contribution in [0.4, 0.5) is 10.5 Å². The number of methoxy groups -OCH3 is 1. The highest BCUT2D eigenvalue weighted by Gasteiger charge is 2.24. The summed E-state index contributed by atoms with van der Waals surface area (Å²) < 4.78 is 11.3. The number of hydrogen-bond acceptors (Lipinski definition) is 3. The monoisotopic (exact) mass is 354 g/mol. The fraction of sp³-hybridized carbons (Fsp3) is 0.381. The van der Waals surface area contributed by atoms with Crippen molar-refractivity contribution in [1.82, 2.24) is 4.90 Å². The molecular weight excluding hydrogens is 328 g/mol. The second-order valence-corrected chi connectivity index (χ2v) is 6.67. The summed E-state index contributed by atoms with van der Waals surface area (Å²) in [5.74, 6) is 0.828. The van der Waals surface area contributed by atoms with Gasteiger partial charge in [0.05, 0.1) is 19.8 Å². The van der Waals surface area contributed by atoms with Crippen LogP contribution in [0.3, 0.4) is 0 Å². The summed E-state index contributed by atoms with van der Waals surface area (Å²) in [5, 5.41) is 2.96. The molecule has 1 saturated heterocycles. The van der Waals surface area contributed by atoms with E-state index in [-0.39, 0.29) is 12.1 Å². The standard InChI is InChI=1S/C21H26N2O3/c1-16-8-10-18(11-9-16)22-21(24)23-12-4-7-20(14-23)26-15-17-5-3-6-19(13-17)25-2/h3,5-6,8-11,13,20H,4,7,12,14-15H2,1-2H3,(H,22,24). The van der Waals surface area contributed by atoms with E-state index in [1.807, 2.05) is 60.4 Å². The lowest BCUT2D eigenvalue weighted by atomic mass is 10.1. The van der Waals surface area contributed by atoms with Gasteiger partial charge >= 0.3 is 6.03 Å². The van der Waals surface area contributed by atoms with Gasteiger partial charge in [0.1, 0.15) is 5.75 Å². The zero-order valence-electron chi connectivity index (χ0n) is 15.4. The van der Waals surface area contributed by atoms with Crippen molar-refractivity contribution in [2.24, 2.45) is 0 Å². The first-order valence-corrected chi connectivity index (χ1v) is 9.01. The van der Waals surface area contributed by atoms with E-state index in [0.29, 0.717) is 13.2 Å². The smallest absolute Gasteiger partial charge is 0.321 e. The Morgan fingerprint density at radius 1 is 1.23 bits per heavy atom. The third-order valence-corrected chi connectivity index (χ3v) is 4.59. The highest BCUT2D eigenvalue weighted by atomic mass is 16.5. The van der Waals surface area contributed by atoms with Gasteiger partial charge < -0.3 is 19.7 Å². The normalized spacial score (nSPS) is 17.0. The van der Waals surface area contributed by atoms with Crippen LogP contribution in [0.5, 0.6) is 5.75 Å². The highest BCUT2D eigenvalue weighted by molar-refractivity contribution is 5.89. The first-order valence-electron chi connectivity index (χ1n) is 9.01. The van der Waals surface area contributed by atoms with Gasteiger partial charge in [-0.25, -0.2) is 4.79 Å². The van der Waals surface area contributed by atoms with Gasteiger partial charge in [0.15, 0.2) is 0 Å². The van der Waals surface area contributed by atoms with Gasteiger partial charge in [0.25, 0.3) is 0 Å². The van der Waals surface area contributed by atoms with Gasteiger partial charge in [-0.1, -0.05) is 29.8 Å². The van der Waals surface area contributed by atoms with Gasteiger partial charge in [0, 0.05) is 18.8 Å². The number of piperidine rings is 1. The van der Waals surface area contributed by atoms with Gasteiger partial charge in [-0.2, -0.15) is 0 Å². The van der Waals surface area contributed by atoms with Crippen molar-refractivity contribution >= 4 is 11.7 Å². The SMILES string of the molecule is COc1cccc(COC2CCCN(C(=O)Nc3ccc(C)cc3)C2)c1. The molecule has 1 unspecified atom stereocenters. The van der Waals surface area contributed by atoms with Crippen molar-refractivity contribution in [2.45, 2.75) is 32.5 Å². The molecule has 3 rings (SSSR count). The molecule has 2 aromatic carbocycles. The van der Waals surface area contributed by atoms with Crippen LogP contribution in [0.15, 0.2) is 48.5 Å². The van der Waals surface area contributed by atoms with Crippen molar-refractivity contribution in [3.8, 4) is 5.75 Å². The minimum absolute atomic E-state index is 0.0544. The molecule has 1 fully saturated rings. The Labute approximate surface area is 154 Å². The van der Waals surface area contributed by atoms with Crippen molar-refractivity contribution in [1.29, 1.82) is 0 Å². The van der Waals surface area contributed by atoms with E-state index in [0.717, 1.165) is 36.4 Å². The van der Waals surface area contributed by atoms with Gasteiger partial charge in [-0.05, 0) is 49.6 Å². The topological polar surface area (TPSA) is 50.8 Å². The fourth-order valence-corrected chi connectivity index (χ4v) is 3.07. The number of nitrogens with zero attached hydrogens (tertiary/aromatic N) is 1. The van der Waals surface area contributed by atoms with Crippen LogP contribution in [-0.4, -0.2) is 37.2 Å². The van der Waals surface area contributed by atoms with Crippen LogP contribution in [0.2, 0.25) is 0 Å². The summed E-state index contributed by atoms with van der Waals surface area (Å²) in [6.45, 7) is 3.92. The number of benzene rings is 2. The Kier molecular flexibility index (Phi) is 6.12. The number of amides is 2. The first-order chi connectivity index (χ1) is 12.6. The number of likely N-dealkylation sites (tertiary alicyclic amines) is 1. The molecule has 1 atom stereocenters. The number of carbonyl (C=O) groups excluding carboxylic acids is 1. The van der Waals surface area contributed by atoms with Crippen LogP contribution in [0, 0.1) is 6.92 Å².